The molecule has 1 aliphatic heterocycles. The summed E-state index contributed by atoms with van der Waals surface area (Å²) in [7, 11) is 0. The van der Waals surface area contributed by atoms with Gasteiger partial charge in [0.2, 0.25) is 0 Å². The molecule has 1 saturated heterocycles. The molecule has 3 rings (SSSR count). The molecule has 2 N–H and O–H groups in total. The number of allylic oxidation sites excluding steroid dienone is 1. The number of hydrogen-bond donors (Lipinski definition) is 2. The van der Waals surface area contributed by atoms with Crippen molar-refractivity contribution in [2.75, 3.05) is 0 Å². The van der Waals surface area contributed by atoms with Crippen LogP contribution in [0.25, 0.3) is 0 Å². The minimum atomic E-state index is -1.18. The average molecular weight is 362 g/mol. The topological polar surface area (TPSA) is 93.1 Å². The predicted molar refractivity (Wildman–Crippen MR) is 93.8 cm³/mol. The summed E-state index contributed by atoms with van der Waals surface area (Å²) in [5, 5.41) is 21.9. The first-order valence-electron chi connectivity index (χ1n) is 8.92. The van der Waals surface area contributed by atoms with Crippen LogP contribution in [-0.2, 0) is 19.1 Å². The minimum Gasteiger partial charge on any atom is -0.458 e. The number of aliphatic hydroxyl groups excluding tert-OH is 2. The fourth-order valence-electron chi connectivity index (χ4n) is 4.69. The lowest BCUT2D eigenvalue weighted by Crippen LogP contribution is -2.66. The van der Waals surface area contributed by atoms with Gasteiger partial charge in [0.1, 0.15) is 18.3 Å². The van der Waals surface area contributed by atoms with Crippen molar-refractivity contribution in [3.05, 3.63) is 36.0 Å². The molecule has 142 valence electrons. The summed E-state index contributed by atoms with van der Waals surface area (Å²) in [5.74, 6) is -2.22. The lowest BCUT2D eigenvalue weighted by molar-refractivity contribution is -0.220. The first-order valence-corrected chi connectivity index (χ1v) is 8.92. The molecule has 6 nitrogen and oxygen atoms in total. The Morgan fingerprint density at radius 3 is 2.65 bits per heavy atom. The van der Waals surface area contributed by atoms with Crippen molar-refractivity contribution in [2.45, 2.75) is 58.0 Å². The van der Waals surface area contributed by atoms with Gasteiger partial charge in [-0.15, -0.1) is 0 Å². The Labute approximate surface area is 153 Å². The zero-order valence-corrected chi connectivity index (χ0v) is 15.4. The molecular formula is C20H26O6. The van der Waals surface area contributed by atoms with E-state index in [1.807, 2.05) is 0 Å². The summed E-state index contributed by atoms with van der Waals surface area (Å²) in [6.45, 7) is 13.0. The van der Waals surface area contributed by atoms with Crippen LogP contribution in [0.15, 0.2) is 36.0 Å². The minimum absolute atomic E-state index is 0.180. The second-order valence-electron chi connectivity index (χ2n) is 7.76. The van der Waals surface area contributed by atoms with Gasteiger partial charge >= 0.3 is 11.9 Å². The van der Waals surface area contributed by atoms with Gasteiger partial charge in [0.25, 0.3) is 0 Å². The van der Waals surface area contributed by atoms with Crippen LogP contribution >= 0.6 is 0 Å². The van der Waals surface area contributed by atoms with Gasteiger partial charge in [-0.25, -0.2) is 9.59 Å². The van der Waals surface area contributed by atoms with Crippen LogP contribution in [-0.4, -0.2) is 46.6 Å². The summed E-state index contributed by atoms with van der Waals surface area (Å²) >= 11 is 0. The van der Waals surface area contributed by atoms with E-state index in [0.717, 1.165) is 5.57 Å². The van der Waals surface area contributed by atoms with Crippen molar-refractivity contribution in [3.8, 4) is 0 Å². The predicted octanol–water partition coefficient (Wildman–Crippen LogP) is 1.67. The summed E-state index contributed by atoms with van der Waals surface area (Å²) in [6.07, 6.45) is -1.04. The van der Waals surface area contributed by atoms with Gasteiger partial charge in [-0.1, -0.05) is 31.7 Å². The maximum atomic E-state index is 12.3. The maximum absolute atomic E-state index is 12.3. The van der Waals surface area contributed by atoms with Crippen LogP contribution < -0.4 is 0 Å². The highest BCUT2D eigenvalue weighted by Gasteiger charge is 2.66. The Hall–Kier alpha value is -1.92. The van der Waals surface area contributed by atoms with Gasteiger partial charge in [0.15, 0.2) is 0 Å². The smallest absolute Gasteiger partial charge is 0.334 e. The molecule has 3 aliphatic rings. The number of rotatable bonds is 2. The Morgan fingerprint density at radius 2 is 2.04 bits per heavy atom. The first-order chi connectivity index (χ1) is 12.1. The molecule has 7 unspecified atom stereocenters. The van der Waals surface area contributed by atoms with Gasteiger partial charge in [-0.3, -0.25) is 0 Å². The number of ether oxygens (including phenoxy) is 2. The lowest BCUT2D eigenvalue weighted by atomic mass is 9.52. The van der Waals surface area contributed by atoms with Crippen LogP contribution in [0.3, 0.4) is 0 Å². The van der Waals surface area contributed by atoms with E-state index in [9.17, 15) is 19.8 Å². The summed E-state index contributed by atoms with van der Waals surface area (Å²) in [4.78, 5) is 24.5. The molecule has 0 amide bonds. The molecule has 2 saturated carbocycles. The van der Waals surface area contributed by atoms with E-state index in [-0.39, 0.29) is 5.57 Å². The number of carbonyl (C=O) groups excluding carboxylic acids is 2. The molecule has 2 aliphatic carbocycles. The molecule has 7 atom stereocenters. The highest BCUT2D eigenvalue weighted by Crippen LogP contribution is 2.58. The van der Waals surface area contributed by atoms with Crippen molar-refractivity contribution in [1.82, 2.24) is 0 Å². The average Bonchev–Trinajstić information content (AvgIpc) is 2.89. The summed E-state index contributed by atoms with van der Waals surface area (Å²) < 4.78 is 11.1. The third-order valence-electron chi connectivity index (χ3n) is 6.46. The second kappa shape index (κ2) is 6.35. The van der Waals surface area contributed by atoms with Crippen molar-refractivity contribution in [1.29, 1.82) is 0 Å². The van der Waals surface area contributed by atoms with Gasteiger partial charge in [0, 0.05) is 22.5 Å². The van der Waals surface area contributed by atoms with E-state index in [1.165, 1.54) is 0 Å². The zero-order chi connectivity index (χ0) is 19.4. The number of aliphatic hydroxyl groups is 2. The van der Waals surface area contributed by atoms with Crippen molar-refractivity contribution < 1.29 is 29.3 Å². The fourth-order valence-corrected chi connectivity index (χ4v) is 4.69. The molecule has 6 heteroatoms. The molecule has 0 aromatic heterocycles. The molecular weight excluding hydrogens is 336 g/mol. The van der Waals surface area contributed by atoms with Crippen molar-refractivity contribution in [3.63, 3.8) is 0 Å². The van der Waals surface area contributed by atoms with Gasteiger partial charge in [0.05, 0.1) is 12.0 Å². The van der Waals surface area contributed by atoms with Crippen molar-refractivity contribution in [2.24, 2.45) is 17.3 Å². The Bertz CT molecular complexity index is 707. The van der Waals surface area contributed by atoms with Crippen molar-refractivity contribution >= 4 is 11.9 Å². The third-order valence-corrected chi connectivity index (χ3v) is 6.46. The maximum Gasteiger partial charge on any atom is 0.334 e. The van der Waals surface area contributed by atoms with E-state index < -0.39 is 53.6 Å². The Morgan fingerprint density at radius 1 is 1.38 bits per heavy atom. The molecule has 26 heavy (non-hydrogen) atoms. The molecule has 0 aromatic carbocycles. The van der Waals surface area contributed by atoms with Gasteiger partial charge < -0.3 is 19.7 Å². The van der Waals surface area contributed by atoms with Crippen LogP contribution in [0.2, 0.25) is 0 Å². The molecule has 0 aromatic rings. The number of fused-ring (bicyclic) bond motifs is 3. The summed E-state index contributed by atoms with van der Waals surface area (Å²) in [5.41, 5.74) is 0.366. The van der Waals surface area contributed by atoms with E-state index in [2.05, 4.69) is 13.2 Å². The van der Waals surface area contributed by atoms with Crippen LogP contribution in [0.1, 0.15) is 33.6 Å². The molecule has 3 fully saturated rings. The number of hydrogen-bond acceptors (Lipinski definition) is 6. The summed E-state index contributed by atoms with van der Waals surface area (Å²) in [6, 6.07) is 0. The largest absolute Gasteiger partial charge is 0.458 e. The number of esters is 2. The van der Waals surface area contributed by atoms with Crippen LogP contribution in [0.4, 0.5) is 0 Å². The SMILES string of the molecule is C=C1C(=O)OC2C1C(OC(=O)C(C)=CC)C(O)C1(C)C(O)CCC(=C)C21. The third kappa shape index (κ3) is 2.47. The van der Waals surface area contributed by atoms with Crippen LogP contribution in [0.5, 0.6) is 0 Å². The van der Waals surface area contributed by atoms with Gasteiger partial charge in [-0.05, 0) is 26.7 Å². The quantitative estimate of drug-likeness (QED) is 0.441. The molecule has 0 radical (unpaired) electrons. The fraction of sp³-hybridized carbons (Fsp3) is 0.600. The molecule has 0 bridgehead atoms. The van der Waals surface area contributed by atoms with E-state index >= 15 is 0 Å². The first kappa shape index (κ1) is 18.9. The monoisotopic (exact) mass is 362 g/mol. The highest BCUT2D eigenvalue weighted by atomic mass is 16.6. The zero-order valence-electron chi connectivity index (χ0n) is 15.4. The molecule has 1 heterocycles. The standard InChI is InChI=1S/C20H26O6/c1-6-9(2)18(23)26-16-13-11(4)19(24)25-15(13)14-10(3)7-8-12(21)20(14,5)17(16)22/h6,12-17,21-22H,3-4,7-8H2,1-2,5H3. The highest BCUT2D eigenvalue weighted by molar-refractivity contribution is 5.92. The van der Waals surface area contributed by atoms with E-state index in [0.29, 0.717) is 18.4 Å². The Kier molecular flexibility index (Phi) is 4.61. The number of carbonyl (C=O) groups is 2. The lowest BCUT2D eigenvalue weighted by Gasteiger charge is -2.56. The molecule has 0 spiro atoms. The normalized spacial score (nSPS) is 42.8. The van der Waals surface area contributed by atoms with Crippen LogP contribution in [0, 0.1) is 17.3 Å². The van der Waals surface area contributed by atoms with Gasteiger partial charge in [-0.2, -0.15) is 0 Å². The second-order valence-corrected chi connectivity index (χ2v) is 7.76. The van der Waals surface area contributed by atoms with E-state index in [1.54, 1.807) is 26.8 Å². The Balaban J connectivity index is 2.07. The van der Waals surface area contributed by atoms with E-state index in [4.69, 9.17) is 9.47 Å².